The zero-order valence-electron chi connectivity index (χ0n) is 31.9. The van der Waals surface area contributed by atoms with Crippen LogP contribution in [0.4, 0.5) is 15.3 Å². The van der Waals surface area contributed by atoms with Gasteiger partial charge in [0.1, 0.15) is 30.3 Å². The number of unbranched alkanes of at least 4 members (excludes halogenated alkanes) is 1. The van der Waals surface area contributed by atoms with Gasteiger partial charge in [0, 0.05) is 18.2 Å². The van der Waals surface area contributed by atoms with E-state index in [0.717, 1.165) is 22.3 Å². The van der Waals surface area contributed by atoms with E-state index in [4.69, 9.17) is 9.47 Å². The Kier molecular flexibility index (Phi) is 14.6. The van der Waals surface area contributed by atoms with Gasteiger partial charge in [0.15, 0.2) is 0 Å². The van der Waals surface area contributed by atoms with Crippen molar-refractivity contribution in [1.82, 2.24) is 21.3 Å². The van der Waals surface area contributed by atoms with Gasteiger partial charge < -0.3 is 41.2 Å². The number of anilines is 1. The molecular weight excluding hydrogens is 690 g/mol. The molecule has 0 saturated heterocycles. The normalized spacial score (nSPS) is 13.8. The number of hydrogen-bond acceptors (Lipinski definition) is 8. The van der Waals surface area contributed by atoms with E-state index in [1.165, 1.54) is 6.92 Å². The van der Waals surface area contributed by atoms with Gasteiger partial charge in [0.2, 0.25) is 17.7 Å². The minimum absolute atomic E-state index is 0.0806. The molecule has 1 aliphatic carbocycles. The van der Waals surface area contributed by atoms with Crippen LogP contribution < -0.4 is 26.6 Å². The number of nitrogens with one attached hydrogen (secondary N) is 5. The highest BCUT2D eigenvalue weighted by Crippen LogP contribution is 2.44. The van der Waals surface area contributed by atoms with Gasteiger partial charge >= 0.3 is 12.2 Å². The van der Waals surface area contributed by atoms with Gasteiger partial charge in [0.25, 0.3) is 0 Å². The number of alkyl carbamates (subject to hydrolysis) is 2. The van der Waals surface area contributed by atoms with Crippen LogP contribution in [0.5, 0.6) is 0 Å². The summed E-state index contributed by atoms with van der Waals surface area (Å²) in [7, 11) is 0. The SMILES string of the molecule is CC(C)[C@H](NC(=O)OCC1c2ccccc2-c2ccccc21)C(=O)N[C@@H](C)C(=O)N[C@@H](CCCCNC(=O)OC(C)(C)C)C(=O)Nc1ccc(CO)cc1. The van der Waals surface area contributed by atoms with Crippen LogP contribution >= 0.6 is 0 Å². The van der Waals surface area contributed by atoms with Crippen molar-refractivity contribution in [1.29, 1.82) is 0 Å². The van der Waals surface area contributed by atoms with Crippen LogP contribution in [0.15, 0.2) is 72.8 Å². The van der Waals surface area contributed by atoms with Crippen molar-refractivity contribution in [3.05, 3.63) is 89.5 Å². The van der Waals surface area contributed by atoms with Crippen LogP contribution in [0.25, 0.3) is 11.1 Å². The maximum Gasteiger partial charge on any atom is 0.407 e. The van der Waals surface area contributed by atoms with Crippen LogP contribution in [-0.2, 0) is 30.5 Å². The van der Waals surface area contributed by atoms with Crippen molar-refractivity contribution < 1.29 is 38.6 Å². The molecule has 290 valence electrons. The third-order valence-electron chi connectivity index (χ3n) is 8.94. The molecule has 0 spiro atoms. The number of ether oxygens (including phenoxy) is 2. The zero-order valence-corrected chi connectivity index (χ0v) is 31.9. The highest BCUT2D eigenvalue weighted by atomic mass is 16.6. The molecular formula is C41H53N5O8. The Bertz CT molecular complexity index is 1730. The molecule has 0 radical (unpaired) electrons. The van der Waals surface area contributed by atoms with E-state index in [1.807, 2.05) is 48.5 Å². The molecule has 13 nitrogen and oxygen atoms in total. The van der Waals surface area contributed by atoms with E-state index in [0.29, 0.717) is 30.6 Å². The van der Waals surface area contributed by atoms with Gasteiger partial charge in [-0.25, -0.2) is 9.59 Å². The number of fused-ring (bicyclic) bond motifs is 3. The Labute approximate surface area is 317 Å². The summed E-state index contributed by atoms with van der Waals surface area (Å²) >= 11 is 0. The van der Waals surface area contributed by atoms with Crippen molar-refractivity contribution in [2.45, 2.75) is 97.1 Å². The molecule has 0 heterocycles. The quantitative estimate of drug-likeness (QED) is 0.106. The number of carbonyl (C=O) groups is 5. The summed E-state index contributed by atoms with van der Waals surface area (Å²) in [4.78, 5) is 65.2. The summed E-state index contributed by atoms with van der Waals surface area (Å²) in [5.74, 6) is -2.15. The number of aliphatic hydroxyl groups is 1. The molecule has 0 unspecified atom stereocenters. The van der Waals surface area contributed by atoms with Crippen molar-refractivity contribution in [2.24, 2.45) is 5.92 Å². The molecule has 4 rings (SSSR count). The number of hydrogen-bond donors (Lipinski definition) is 6. The second-order valence-electron chi connectivity index (χ2n) is 14.8. The smallest absolute Gasteiger partial charge is 0.407 e. The fourth-order valence-electron chi connectivity index (χ4n) is 6.14. The van der Waals surface area contributed by atoms with Crippen LogP contribution in [-0.4, -0.2) is 71.9 Å². The summed E-state index contributed by atoms with van der Waals surface area (Å²) in [6.07, 6.45) is -0.0891. The van der Waals surface area contributed by atoms with Crippen molar-refractivity contribution in [2.75, 3.05) is 18.5 Å². The fraction of sp³-hybridized carbons (Fsp3) is 0.439. The molecule has 0 aliphatic heterocycles. The van der Waals surface area contributed by atoms with E-state index >= 15 is 0 Å². The minimum Gasteiger partial charge on any atom is -0.449 e. The van der Waals surface area contributed by atoms with E-state index in [2.05, 4.69) is 26.6 Å². The van der Waals surface area contributed by atoms with Crippen LogP contribution in [0.1, 0.15) is 83.4 Å². The predicted octanol–water partition coefficient (Wildman–Crippen LogP) is 5.37. The molecule has 3 aromatic carbocycles. The summed E-state index contributed by atoms with van der Waals surface area (Å²) in [6, 6.07) is 19.6. The van der Waals surface area contributed by atoms with Gasteiger partial charge in [-0.3, -0.25) is 14.4 Å². The monoisotopic (exact) mass is 743 g/mol. The van der Waals surface area contributed by atoms with E-state index < -0.39 is 53.6 Å². The second-order valence-corrected chi connectivity index (χ2v) is 14.8. The van der Waals surface area contributed by atoms with Gasteiger partial charge in [-0.2, -0.15) is 0 Å². The lowest BCUT2D eigenvalue weighted by Gasteiger charge is -2.25. The lowest BCUT2D eigenvalue weighted by Crippen LogP contribution is -2.56. The largest absolute Gasteiger partial charge is 0.449 e. The van der Waals surface area contributed by atoms with E-state index in [9.17, 15) is 29.1 Å². The predicted molar refractivity (Wildman–Crippen MR) is 205 cm³/mol. The Morgan fingerprint density at radius 2 is 1.35 bits per heavy atom. The Hall–Kier alpha value is -5.43. The molecule has 0 aromatic heterocycles. The molecule has 0 fully saturated rings. The summed E-state index contributed by atoms with van der Waals surface area (Å²) in [6.45, 7) is 10.6. The first-order valence-corrected chi connectivity index (χ1v) is 18.4. The highest BCUT2D eigenvalue weighted by Gasteiger charge is 2.32. The third kappa shape index (κ3) is 11.8. The average molecular weight is 744 g/mol. The molecule has 3 atom stereocenters. The molecule has 54 heavy (non-hydrogen) atoms. The third-order valence-corrected chi connectivity index (χ3v) is 8.94. The molecule has 1 aliphatic rings. The molecule has 13 heteroatoms. The first-order valence-electron chi connectivity index (χ1n) is 18.4. The lowest BCUT2D eigenvalue weighted by molar-refractivity contribution is -0.131. The second kappa shape index (κ2) is 19.1. The summed E-state index contributed by atoms with van der Waals surface area (Å²) in [5, 5.41) is 22.9. The number of aliphatic hydroxyl groups excluding tert-OH is 1. The van der Waals surface area contributed by atoms with Crippen molar-refractivity contribution in [3.8, 4) is 11.1 Å². The van der Waals surface area contributed by atoms with E-state index in [-0.39, 0.29) is 31.5 Å². The Balaban J connectivity index is 1.33. The lowest BCUT2D eigenvalue weighted by atomic mass is 9.98. The highest BCUT2D eigenvalue weighted by molar-refractivity contribution is 5.98. The average Bonchev–Trinajstić information content (AvgIpc) is 3.45. The minimum atomic E-state index is -1.06. The van der Waals surface area contributed by atoms with Gasteiger partial charge in [-0.15, -0.1) is 0 Å². The van der Waals surface area contributed by atoms with Gasteiger partial charge in [0.05, 0.1) is 6.61 Å². The molecule has 3 aromatic rings. The van der Waals surface area contributed by atoms with E-state index in [1.54, 1.807) is 58.9 Å². The van der Waals surface area contributed by atoms with Crippen LogP contribution in [0.2, 0.25) is 0 Å². The Morgan fingerprint density at radius 3 is 1.93 bits per heavy atom. The molecule has 6 N–H and O–H groups in total. The fourth-order valence-corrected chi connectivity index (χ4v) is 6.14. The first-order chi connectivity index (χ1) is 25.7. The van der Waals surface area contributed by atoms with Gasteiger partial charge in [-0.05, 0) is 92.8 Å². The molecule has 0 bridgehead atoms. The van der Waals surface area contributed by atoms with Gasteiger partial charge in [-0.1, -0.05) is 74.5 Å². The zero-order chi connectivity index (χ0) is 39.4. The maximum absolute atomic E-state index is 13.4. The van der Waals surface area contributed by atoms with Crippen molar-refractivity contribution in [3.63, 3.8) is 0 Å². The first kappa shape index (κ1) is 41.3. The topological polar surface area (TPSA) is 184 Å². The standard InChI is InChI=1S/C41H53N5O8/c1-25(2)35(46-40(52)53-24-33-31-15-9-7-13-29(31)30-14-8-10-16-32(30)33)38(50)43-26(3)36(48)45-34(17-11-12-22-42-39(51)54-41(4,5)6)37(49)44-28-20-18-27(23-47)19-21-28/h7-10,13-16,18-21,25-26,33-35,47H,11-12,17,22-24H2,1-6H3,(H,42,51)(H,43,50)(H,44,49)(H,45,48)(H,46,52)/t26-,34-,35-/m0/s1. The molecule has 0 saturated carbocycles. The molecule has 5 amide bonds. The number of rotatable bonds is 16. The number of amides is 5. The van der Waals surface area contributed by atoms with Crippen LogP contribution in [0.3, 0.4) is 0 Å². The Morgan fingerprint density at radius 1 is 0.741 bits per heavy atom. The summed E-state index contributed by atoms with van der Waals surface area (Å²) < 4.78 is 10.9. The summed E-state index contributed by atoms with van der Waals surface area (Å²) in [5.41, 5.74) is 4.84. The van der Waals surface area contributed by atoms with Crippen LogP contribution in [0, 0.1) is 5.92 Å². The number of carbonyl (C=O) groups excluding carboxylic acids is 5. The number of benzene rings is 3. The van der Waals surface area contributed by atoms with Crippen molar-refractivity contribution >= 4 is 35.6 Å². The maximum atomic E-state index is 13.4.